The summed E-state index contributed by atoms with van der Waals surface area (Å²) in [4.78, 5) is 11.9. The highest BCUT2D eigenvalue weighted by molar-refractivity contribution is 14.1. The Labute approximate surface area is 109 Å². The minimum absolute atomic E-state index is 0.0217. The van der Waals surface area contributed by atoms with E-state index in [-0.39, 0.29) is 11.9 Å². The van der Waals surface area contributed by atoms with Crippen molar-refractivity contribution in [3.8, 4) is 0 Å². The molecule has 1 saturated heterocycles. The van der Waals surface area contributed by atoms with Crippen LogP contribution in [0.3, 0.4) is 0 Å². The second-order valence-electron chi connectivity index (χ2n) is 4.00. The van der Waals surface area contributed by atoms with Gasteiger partial charge in [-0.15, -0.1) is 0 Å². The minimum atomic E-state index is -0.0217. The maximum absolute atomic E-state index is 11.9. The van der Waals surface area contributed by atoms with E-state index in [2.05, 4.69) is 33.2 Å². The summed E-state index contributed by atoms with van der Waals surface area (Å²) >= 11 is 2.24. The van der Waals surface area contributed by atoms with Gasteiger partial charge in [0.15, 0.2) is 0 Å². The van der Waals surface area contributed by atoms with E-state index in [9.17, 15) is 4.79 Å². The van der Waals surface area contributed by atoms with Gasteiger partial charge in [-0.05, 0) is 60.2 Å². The Morgan fingerprint density at radius 1 is 1.44 bits per heavy atom. The summed E-state index contributed by atoms with van der Waals surface area (Å²) in [6.07, 6.45) is 3.25. The van der Waals surface area contributed by atoms with Gasteiger partial charge in [0.25, 0.3) is 0 Å². The maximum Gasteiger partial charge on any atom is 0.241 e. The monoisotopic (exact) mass is 330 g/mol. The van der Waals surface area contributed by atoms with Crippen LogP contribution in [0.1, 0.15) is 19.3 Å². The van der Waals surface area contributed by atoms with Gasteiger partial charge in [-0.1, -0.05) is 12.5 Å². The number of benzene rings is 1. The molecule has 1 aliphatic heterocycles. The molecule has 0 spiro atoms. The van der Waals surface area contributed by atoms with Crippen LogP contribution in [0.5, 0.6) is 0 Å². The molecule has 0 radical (unpaired) electrons. The normalized spacial score (nSPS) is 20.4. The van der Waals surface area contributed by atoms with Crippen LogP contribution < -0.4 is 10.6 Å². The lowest BCUT2D eigenvalue weighted by Crippen LogP contribution is -2.43. The molecular weight excluding hydrogens is 315 g/mol. The molecule has 1 amide bonds. The van der Waals surface area contributed by atoms with Crippen molar-refractivity contribution in [2.45, 2.75) is 25.3 Å². The lowest BCUT2D eigenvalue weighted by molar-refractivity contribution is -0.118. The lowest BCUT2D eigenvalue weighted by atomic mass is 10.0. The van der Waals surface area contributed by atoms with Crippen molar-refractivity contribution < 1.29 is 4.79 Å². The molecule has 16 heavy (non-hydrogen) atoms. The van der Waals surface area contributed by atoms with Crippen LogP contribution in [0.25, 0.3) is 0 Å². The van der Waals surface area contributed by atoms with Crippen molar-refractivity contribution >= 4 is 34.2 Å². The molecule has 0 bridgehead atoms. The highest BCUT2D eigenvalue weighted by Crippen LogP contribution is 2.14. The topological polar surface area (TPSA) is 41.1 Å². The third-order valence-corrected chi connectivity index (χ3v) is 3.39. The molecule has 1 heterocycles. The zero-order valence-electron chi connectivity index (χ0n) is 9.00. The summed E-state index contributed by atoms with van der Waals surface area (Å²) in [5.74, 6) is 0.0849. The fraction of sp³-hybridized carbons (Fsp3) is 0.417. The summed E-state index contributed by atoms with van der Waals surface area (Å²) in [6.45, 7) is 0.949. The fourth-order valence-electron chi connectivity index (χ4n) is 1.87. The average Bonchev–Trinajstić information content (AvgIpc) is 2.30. The molecule has 0 saturated carbocycles. The Morgan fingerprint density at radius 3 is 3.00 bits per heavy atom. The van der Waals surface area contributed by atoms with E-state index in [1.807, 2.05) is 24.3 Å². The van der Waals surface area contributed by atoms with E-state index in [4.69, 9.17) is 0 Å². The van der Waals surface area contributed by atoms with Crippen molar-refractivity contribution in [2.24, 2.45) is 0 Å². The largest absolute Gasteiger partial charge is 0.325 e. The van der Waals surface area contributed by atoms with Crippen LogP contribution in [-0.2, 0) is 4.79 Å². The predicted molar refractivity (Wildman–Crippen MR) is 73.4 cm³/mol. The van der Waals surface area contributed by atoms with Crippen LogP contribution in [-0.4, -0.2) is 18.5 Å². The molecular formula is C12H15IN2O. The van der Waals surface area contributed by atoms with E-state index in [1.165, 1.54) is 6.42 Å². The molecule has 2 N–H and O–H groups in total. The van der Waals surface area contributed by atoms with Gasteiger partial charge >= 0.3 is 0 Å². The van der Waals surface area contributed by atoms with Crippen molar-refractivity contribution in [1.82, 2.24) is 5.32 Å². The highest BCUT2D eigenvalue weighted by Gasteiger charge is 2.20. The summed E-state index contributed by atoms with van der Waals surface area (Å²) in [5.41, 5.74) is 0.879. The number of carbonyl (C=O) groups excluding carboxylic acids is 1. The summed E-state index contributed by atoms with van der Waals surface area (Å²) in [5, 5.41) is 6.19. The van der Waals surface area contributed by atoms with Crippen LogP contribution in [0.4, 0.5) is 5.69 Å². The van der Waals surface area contributed by atoms with Crippen LogP contribution in [0.2, 0.25) is 0 Å². The fourth-order valence-corrected chi connectivity index (χ4v) is 2.41. The Morgan fingerprint density at radius 2 is 2.31 bits per heavy atom. The first kappa shape index (κ1) is 11.9. The third kappa shape index (κ3) is 3.18. The van der Waals surface area contributed by atoms with E-state index in [0.29, 0.717) is 0 Å². The van der Waals surface area contributed by atoms with Crippen LogP contribution >= 0.6 is 22.6 Å². The number of hydrogen-bond donors (Lipinski definition) is 2. The molecule has 0 aromatic heterocycles. The second-order valence-corrected chi connectivity index (χ2v) is 5.25. The van der Waals surface area contributed by atoms with Crippen molar-refractivity contribution in [3.63, 3.8) is 0 Å². The van der Waals surface area contributed by atoms with Crippen molar-refractivity contribution in [3.05, 3.63) is 27.8 Å². The Balaban J connectivity index is 1.96. The molecule has 1 atom stereocenters. The Hall–Kier alpha value is -0.620. The molecule has 0 aliphatic carbocycles. The SMILES string of the molecule is O=C(Nc1cccc(I)c1)[C@H]1CCCCN1. The molecule has 1 fully saturated rings. The first-order valence-corrected chi connectivity index (χ1v) is 6.63. The molecule has 4 heteroatoms. The Kier molecular flexibility index (Phi) is 4.17. The lowest BCUT2D eigenvalue weighted by Gasteiger charge is -2.22. The van der Waals surface area contributed by atoms with Crippen molar-refractivity contribution in [2.75, 3.05) is 11.9 Å². The summed E-state index contributed by atoms with van der Waals surface area (Å²) in [6, 6.07) is 7.83. The number of anilines is 1. The van der Waals surface area contributed by atoms with Gasteiger partial charge in [0.1, 0.15) is 0 Å². The smallest absolute Gasteiger partial charge is 0.241 e. The Bertz CT molecular complexity index is 375. The minimum Gasteiger partial charge on any atom is -0.325 e. The van der Waals surface area contributed by atoms with Gasteiger partial charge < -0.3 is 10.6 Å². The first-order valence-electron chi connectivity index (χ1n) is 5.55. The number of rotatable bonds is 2. The molecule has 1 aliphatic rings. The number of halogens is 1. The quantitative estimate of drug-likeness (QED) is 0.818. The molecule has 3 nitrogen and oxygen atoms in total. The standard InChI is InChI=1S/C12H15IN2O/c13-9-4-3-5-10(8-9)15-12(16)11-6-1-2-7-14-11/h3-5,8,11,14H,1-2,6-7H2,(H,15,16)/t11-/m1/s1. The maximum atomic E-state index is 11.9. The van der Waals surface area contributed by atoms with Crippen LogP contribution in [0, 0.1) is 3.57 Å². The summed E-state index contributed by atoms with van der Waals surface area (Å²) in [7, 11) is 0. The van der Waals surface area contributed by atoms with E-state index in [0.717, 1.165) is 28.6 Å². The summed E-state index contributed by atoms with van der Waals surface area (Å²) < 4.78 is 1.13. The zero-order chi connectivity index (χ0) is 11.4. The molecule has 86 valence electrons. The molecule has 0 unspecified atom stereocenters. The number of piperidine rings is 1. The third-order valence-electron chi connectivity index (χ3n) is 2.72. The second kappa shape index (κ2) is 5.63. The van der Waals surface area contributed by atoms with Gasteiger partial charge in [0.2, 0.25) is 5.91 Å². The number of carbonyl (C=O) groups is 1. The average molecular weight is 330 g/mol. The van der Waals surface area contributed by atoms with E-state index < -0.39 is 0 Å². The molecule has 2 rings (SSSR count). The number of hydrogen-bond acceptors (Lipinski definition) is 2. The van der Waals surface area contributed by atoms with Gasteiger partial charge in [0.05, 0.1) is 6.04 Å². The molecule has 1 aromatic carbocycles. The highest BCUT2D eigenvalue weighted by atomic mass is 127. The number of nitrogens with one attached hydrogen (secondary N) is 2. The van der Waals surface area contributed by atoms with Gasteiger partial charge in [-0.25, -0.2) is 0 Å². The zero-order valence-corrected chi connectivity index (χ0v) is 11.2. The van der Waals surface area contributed by atoms with Gasteiger partial charge in [0, 0.05) is 9.26 Å². The van der Waals surface area contributed by atoms with E-state index in [1.54, 1.807) is 0 Å². The van der Waals surface area contributed by atoms with Gasteiger partial charge in [-0.3, -0.25) is 4.79 Å². The predicted octanol–water partition coefficient (Wildman–Crippen LogP) is 2.37. The number of amides is 1. The molecule has 1 aromatic rings. The van der Waals surface area contributed by atoms with Crippen molar-refractivity contribution in [1.29, 1.82) is 0 Å². The van der Waals surface area contributed by atoms with E-state index >= 15 is 0 Å². The first-order chi connectivity index (χ1) is 7.75. The van der Waals surface area contributed by atoms with Crippen LogP contribution in [0.15, 0.2) is 24.3 Å². The van der Waals surface area contributed by atoms with Gasteiger partial charge in [-0.2, -0.15) is 0 Å².